The van der Waals surface area contributed by atoms with Gasteiger partial charge < -0.3 is 0 Å². The zero-order valence-corrected chi connectivity index (χ0v) is 26.0. The van der Waals surface area contributed by atoms with E-state index in [1.165, 1.54) is 56.7 Å². The summed E-state index contributed by atoms with van der Waals surface area (Å²) >= 11 is -4.41. The van der Waals surface area contributed by atoms with Crippen LogP contribution in [0.3, 0.4) is 0 Å². The zero-order chi connectivity index (χ0) is 23.7. The SMILES string of the molecule is CCCC[Si](CCCC)(CCCC)[O][Zr]([O]C(C)(C)C)([O]C(C)(C)C)[O]C(C)(C)C. The molecule has 0 amide bonds. The predicted octanol–water partition coefficient (Wildman–Crippen LogP) is 8.61. The fraction of sp³-hybridized carbons (Fsp3) is 1.00. The Balaban J connectivity index is 6.40. The minimum atomic E-state index is -4.41. The average molecular weight is 526 g/mol. The van der Waals surface area contributed by atoms with Crippen LogP contribution >= 0.6 is 0 Å². The molecule has 0 aliphatic carbocycles. The summed E-state index contributed by atoms with van der Waals surface area (Å²) in [6, 6.07) is 3.53. The molecule has 0 unspecified atom stereocenters. The second kappa shape index (κ2) is 13.0. The molecular weight excluding hydrogens is 472 g/mol. The van der Waals surface area contributed by atoms with E-state index in [9.17, 15) is 0 Å². The predicted molar refractivity (Wildman–Crippen MR) is 128 cm³/mol. The first-order valence-corrected chi connectivity index (χ1v) is 18.9. The molecule has 6 heteroatoms. The van der Waals surface area contributed by atoms with Gasteiger partial charge >= 0.3 is 198 Å². The van der Waals surface area contributed by atoms with Crippen LogP contribution < -0.4 is 0 Å². The first-order valence-electron chi connectivity index (χ1n) is 12.3. The van der Waals surface area contributed by atoms with E-state index < -0.39 is 30.3 Å². The van der Waals surface area contributed by atoms with Crippen LogP contribution in [0, 0.1) is 0 Å². The molecule has 0 atom stereocenters. The van der Waals surface area contributed by atoms with Crippen LogP contribution in [-0.2, 0) is 33.0 Å². The van der Waals surface area contributed by atoms with Gasteiger partial charge in [-0.15, -0.1) is 0 Å². The van der Waals surface area contributed by atoms with Crippen LogP contribution in [0.4, 0.5) is 0 Å². The molecule has 0 aliphatic rings. The summed E-state index contributed by atoms with van der Waals surface area (Å²) in [5.41, 5.74) is -1.15. The normalized spacial score (nSPS) is 14.4. The van der Waals surface area contributed by atoms with Gasteiger partial charge in [-0.1, -0.05) is 0 Å². The fourth-order valence-electron chi connectivity index (χ4n) is 3.54. The summed E-state index contributed by atoms with van der Waals surface area (Å²) in [4.78, 5) is 0. The molecule has 0 heterocycles. The molecule has 0 fully saturated rings. The minimum absolute atomic E-state index is 0.382. The van der Waals surface area contributed by atoms with Crippen LogP contribution in [-0.4, -0.2) is 25.1 Å². The Kier molecular flexibility index (Phi) is 13.4. The third-order valence-electron chi connectivity index (χ3n) is 4.59. The number of hydrogen-bond donors (Lipinski definition) is 0. The van der Waals surface area contributed by atoms with Crippen molar-refractivity contribution in [3.63, 3.8) is 0 Å². The summed E-state index contributed by atoms with van der Waals surface area (Å²) in [6.07, 6.45) is 7.21. The van der Waals surface area contributed by atoms with E-state index in [1.807, 2.05) is 0 Å². The molecule has 0 rings (SSSR count). The van der Waals surface area contributed by atoms with E-state index in [0.29, 0.717) is 0 Å². The average Bonchev–Trinajstić information content (AvgIpc) is 2.50. The molecule has 0 spiro atoms. The summed E-state index contributed by atoms with van der Waals surface area (Å²) in [5, 5.41) is 0. The summed E-state index contributed by atoms with van der Waals surface area (Å²) in [7, 11) is -2.07. The molecule has 0 N–H and O–H groups in total. The fourth-order valence-corrected chi connectivity index (χ4v) is 21.2. The van der Waals surface area contributed by atoms with E-state index in [4.69, 9.17) is 10.9 Å². The van der Waals surface area contributed by atoms with Gasteiger partial charge in [0.05, 0.1) is 0 Å². The summed E-state index contributed by atoms with van der Waals surface area (Å²) in [6.45, 7) is 25.6. The van der Waals surface area contributed by atoms with E-state index >= 15 is 0 Å². The van der Waals surface area contributed by atoms with Gasteiger partial charge in [0.25, 0.3) is 0 Å². The van der Waals surface area contributed by atoms with Gasteiger partial charge in [-0.25, -0.2) is 0 Å². The van der Waals surface area contributed by atoms with Gasteiger partial charge in [0.1, 0.15) is 0 Å². The van der Waals surface area contributed by atoms with Crippen molar-refractivity contribution in [2.24, 2.45) is 0 Å². The first kappa shape index (κ1) is 30.9. The van der Waals surface area contributed by atoms with Crippen molar-refractivity contribution in [1.82, 2.24) is 0 Å². The Morgan fingerprint density at radius 3 is 1.00 bits per heavy atom. The molecular formula is C24H54O4SiZr. The topological polar surface area (TPSA) is 36.9 Å². The Bertz CT molecular complexity index is 401. The maximum atomic E-state index is 7.34. The first-order chi connectivity index (χ1) is 13.5. The molecule has 0 aliphatic heterocycles. The van der Waals surface area contributed by atoms with Gasteiger partial charge in [0.2, 0.25) is 0 Å². The van der Waals surface area contributed by atoms with Crippen molar-refractivity contribution in [3.05, 3.63) is 0 Å². The van der Waals surface area contributed by atoms with Crippen molar-refractivity contribution in [1.29, 1.82) is 0 Å². The van der Waals surface area contributed by atoms with Crippen LogP contribution in [0.15, 0.2) is 0 Å². The molecule has 30 heavy (non-hydrogen) atoms. The molecule has 0 aromatic carbocycles. The van der Waals surface area contributed by atoms with Gasteiger partial charge in [0, 0.05) is 0 Å². The molecule has 0 bridgehead atoms. The summed E-state index contributed by atoms with van der Waals surface area (Å²) < 4.78 is 27.6. The van der Waals surface area contributed by atoms with Crippen molar-refractivity contribution in [2.45, 2.75) is 157 Å². The summed E-state index contributed by atoms with van der Waals surface area (Å²) in [5.74, 6) is 0. The second-order valence-corrected chi connectivity index (χ2v) is 21.3. The quantitative estimate of drug-likeness (QED) is 0.213. The Hall–Kier alpha value is 0.940. The van der Waals surface area contributed by atoms with Gasteiger partial charge in [0.15, 0.2) is 0 Å². The molecule has 4 nitrogen and oxygen atoms in total. The Morgan fingerprint density at radius 2 is 0.800 bits per heavy atom. The van der Waals surface area contributed by atoms with Crippen LogP contribution in [0.1, 0.15) is 122 Å². The zero-order valence-electron chi connectivity index (χ0n) is 22.5. The van der Waals surface area contributed by atoms with Gasteiger partial charge in [-0.2, -0.15) is 0 Å². The molecule has 0 aromatic rings. The Morgan fingerprint density at radius 1 is 0.533 bits per heavy atom. The van der Waals surface area contributed by atoms with Gasteiger partial charge in [-0.3, -0.25) is 0 Å². The van der Waals surface area contributed by atoms with E-state index in [1.54, 1.807) is 0 Å². The monoisotopic (exact) mass is 524 g/mol. The molecule has 0 saturated carbocycles. The third-order valence-corrected chi connectivity index (χ3v) is 20.5. The van der Waals surface area contributed by atoms with E-state index in [2.05, 4.69) is 83.1 Å². The van der Waals surface area contributed by atoms with Crippen LogP contribution in [0.25, 0.3) is 0 Å². The second-order valence-electron chi connectivity index (χ2n) is 11.7. The van der Waals surface area contributed by atoms with Crippen LogP contribution in [0.2, 0.25) is 18.1 Å². The molecule has 182 valence electrons. The van der Waals surface area contributed by atoms with Gasteiger partial charge in [-0.05, 0) is 0 Å². The molecule has 0 radical (unpaired) electrons. The van der Waals surface area contributed by atoms with Crippen molar-refractivity contribution in [3.8, 4) is 0 Å². The molecule has 0 aromatic heterocycles. The van der Waals surface area contributed by atoms with Crippen molar-refractivity contribution in [2.75, 3.05) is 0 Å². The number of unbranched alkanes of at least 4 members (excludes halogenated alkanes) is 3. The number of hydrogen-bond acceptors (Lipinski definition) is 4. The number of rotatable bonds is 14. The standard InChI is InChI=1S/C12H27OSi.3C4H9O.Zr/c1-4-7-10-14(13,11-8-5-2)12-9-6-3;3*1-4(2,3)5;/h4-12H2,1-3H3;3*1-3H3;/q4*-1;+4. The molecule has 0 saturated heterocycles. The maximum absolute atomic E-state index is 7.34. The Labute approximate surface area is 197 Å². The third kappa shape index (κ3) is 14.2. The van der Waals surface area contributed by atoms with Crippen molar-refractivity contribution >= 4 is 8.32 Å². The van der Waals surface area contributed by atoms with E-state index in [0.717, 1.165) is 0 Å². The van der Waals surface area contributed by atoms with Crippen LogP contribution in [0.5, 0.6) is 0 Å². The van der Waals surface area contributed by atoms with Crippen molar-refractivity contribution < 1.29 is 33.0 Å². The van der Waals surface area contributed by atoms with E-state index in [-0.39, 0.29) is 16.8 Å².